The Morgan fingerprint density at radius 2 is 2.28 bits per heavy atom. The molecule has 18 heavy (non-hydrogen) atoms. The Morgan fingerprint density at radius 1 is 1.44 bits per heavy atom. The summed E-state index contributed by atoms with van der Waals surface area (Å²) in [5.74, 6) is 5.72. The van der Waals surface area contributed by atoms with Crippen LogP contribution in [0, 0.1) is 6.92 Å². The van der Waals surface area contributed by atoms with Crippen LogP contribution in [0.3, 0.4) is 0 Å². The predicted octanol–water partition coefficient (Wildman–Crippen LogP) is 2.96. The van der Waals surface area contributed by atoms with Gasteiger partial charge in [-0.25, -0.2) is 10.4 Å². The summed E-state index contributed by atoms with van der Waals surface area (Å²) in [6.07, 6.45) is 2.26. The topological polar surface area (TPSA) is 50.9 Å². The molecular formula is C14H19N3S. The molecular weight excluding hydrogens is 242 g/mol. The summed E-state index contributed by atoms with van der Waals surface area (Å²) in [6, 6.07) is 8.64. The molecule has 0 aliphatic carbocycles. The van der Waals surface area contributed by atoms with Crippen LogP contribution in [0.1, 0.15) is 41.1 Å². The number of aryl methyl sites for hydroxylation is 2. The maximum Gasteiger partial charge on any atom is 0.0821 e. The fourth-order valence-electron chi connectivity index (χ4n) is 2.13. The van der Waals surface area contributed by atoms with Gasteiger partial charge in [0.15, 0.2) is 0 Å². The number of thiazole rings is 1. The largest absolute Gasteiger partial charge is 0.271 e. The van der Waals surface area contributed by atoms with Crippen LogP contribution in [-0.2, 0) is 6.42 Å². The second-order valence-electron chi connectivity index (χ2n) is 4.40. The number of benzene rings is 1. The Kier molecular flexibility index (Phi) is 4.47. The van der Waals surface area contributed by atoms with Gasteiger partial charge in [0, 0.05) is 0 Å². The molecule has 1 aromatic heterocycles. The van der Waals surface area contributed by atoms with Gasteiger partial charge in [-0.2, -0.15) is 0 Å². The average molecular weight is 261 g/mol. The molecule has 1 aromatic carbocycles. The molecule has 2 aromatic rings. The number of rotatable bonds is 5. The Balaban J connectivity index is 2.33. The van der Waals surface area contributed by atoms with Gasteiger partial charge in [-0.3, -0.25) is 5.84 Å². The number of aromatic nitrogens is 1. The minimum Gasteiger partial charge on any atom is -0.271 e. The van der Waals surface area contributed by atoms with Gasteiger partial charge in [0.2, 0.25) is 0 Å². The molecule has 0 amide bonds. The average Bonchev–Trinajstić information content (AvgIpc) is 2.78. The number of hydrogen-bond donors (Lipinski definition) is 2. The summed E-state index contributed by atoms with van der Waals surface area (Å²) in [4.78, 5) is 5.48. The van der Waals surface area contributed by atoms with Crippen molar-refractivity contribution in [3.63, 3.8) is 0 Å². The number of nitrogens with one attached hydrogen (secondary N) is 1. The van der Waals surface area contributed by atoms with E-state index in [0.29, 0.717) is 0 Å². The Labute approximate surface area is 112 Å². The lowest BCUT2D eigenvalue weighted by molar-refractivity contribution is 0.641. The maximum absolute atomic E-state index is 5.72. The molecule has 1 unspecified atom stereocenters. The number of nitrogens with zero attached hydrogens (tertiary/aromatic N) is 1. The predicted molar refractivity (Wildman–Crippen MR) is 76.5 cm³/mol. The normalized spacial score (nSPS) is 12.6. The van der Waals surface area contributed by atoms with Gasteiger partial charge in [-0.05, 0) is 24.5 Å². The lowest BCUT2D eigenvalue weighted by Gasteiger charge is -2.16. The first-order chi connectivity index (χ1) is 8.76. The molecule has 1 atom stereocenters. The van der Waals surface area contributed by atoms with Crippen LogP contribution in [0.25, 0.3) is 0 Å². The first-order valence-electron chi connectivity index (χ1n) is 6.21. The van der Waals surface area contributed by atoms with Crippen molar-refractivity contribution < 1.29 is 0 Å². The van der Waals surface area contributed by atoms with Crippen molar-refractivity contribution in [2.75, 3.05) is 0 Å². The van der Waals surface area contributed by atoms with Gasteiger partial charge < -0.3 is 0 Å². The van der Waals surface area contributed by atoms with Crippen molar-refractivity contribution in [3.05, 3.63) is 51.5 Å². The fraction of sp³-hybridized carbons (Fsp3) is 0.357. The molecule has 3 nitrogen and oxygen atoms in total. The SMILES string of the molecule is CCCc1cccc(C(NN)c2scnc2C)c1. The van der Waals surface area contributed by atoms with E-state index in [1.807, 2.05) is 12.4 Å². The highest BCUT2D eigenvalue weighted by molar-refractivity contribution is 7.09. The van der Waals surface area contributed by atoms with E-state index in [4.69, 9.17) is 5.84 Å². The summed E-state index contributed by atoms with van der Waals surface area (Å²) in [7, 11) is 0. The fourth-order valence-corrected chi connectivity index (χ4v) is 3.02. The van der Waals surface area contributed by atoms with E-state index in [9.17, 15) is 0 Å². The van der Waals surface area contributed by atoms with E-state index in [0.717, 1.165) is 18.5 Å². The van der Waals surface area contributed by atoms with Crippen LogP contribution in [0.4, 0.5) is 0 Å². The van der Waals surface area contributed by atoms with Crippen LogP contribution in [0.5, 0.6) is 0 Å². The van der Waals surface area contributed by atoms with Crippen molar-refractivity contribution >= 4 is 11.3 Å². The summed E-state index contributed by atoms with van der Waals surface area (Å²) >= 11 is 1.64. The molecule has 0 saturated heterocycles. The molecule has 2 rings (SSSR count). The molecule has 1 heterocycles. The van der Waals surface area contributed by atoms with Gasteiger partial charge in [-0.1, -0.05) is 37.6 Å². The monoisotopic (exact) mass is 261 g/mol. The zero-order chi connectivity index (χ0) is 13.0. The summed E-state index contributed by atoms with van der Waals surface area (Å²) in [6.45, 7) is 4.21. The standard InChI is InChI=1S/C14H19N3S/c1-3-5-11-6-4-7-12(8-11)13(17-15)14-10(2)16-9-18-14/h4,6-9,13,17H,3,5,15H2,1-2H3. The van der Waals surface area contributed by atoms with Gasteiger partial charge in [0.1, 0.15) is 0 Å². The molecule has 0 fully saturated rings. The van der Waals surface area contributed by atoms with E-state index < -0.39 is 0 Å². The van der Waals surface area contributed by atoms with E-state index in [1.54, 1.807) is 11.3 Å². The maximum atomic E-state index is 5.72. The lowest BCUT2D eigenvalue weighted by Crippen LogP contribution is -2.28. The second-order valence-corrected chi connectivity index (χ2v) is 5.28. The van der Waals surface area contributed by atoms with Crippen LogP contribution in [-0.4, -0.2) is 4.98 Å². The summed E-state index contributed by atoms with van der Waals surface area (Å²) < 4.78 is 0. The van der Waals surface area contributed by atoms with Gasteiger partial charge in [0.25, 0.3) is 0 Å². The third-order valence-electron chi connectivity index (χ3n) is 3.03. The minimum atomic E-state index is 0.0364. The number of hydrogen-bond acceptors (Lipinski definition) is 4. The van der Waals surface area contributed by atoms with Crippen LogP contribution in [0.15, 0.2) is 29.8 Å². The Hall–Kier alpha value is -1.23. The van der Waals surface area contributed by atoms with E-state index in [-0.39, 0.29) is 6.04 Å². The summed E-state index contributed by atoms with van der Waals surface area (Å²) in [5, 5.41) is 0. The second kappa shape index (κ2) is 6.09. The molecule has 0 spiro atoms. The zero-order valence-corrected chi connectivity index (χ0v) is 11.6. The molecule has 0 bridgehead atoms. The van der Waals surface area contributed by atoms with Crippen LogP contribution >= 0.6 is 11.3 Å². The highest BCUT2D eigenvalue weighted by atomic mass is 32.1. The highest BCUT2D eigenvalue weighted by Gasteiger charge is 2.16. The number of hydrazine groups is 1. The first-order valence-corrected chi connectivity index (χ1v) is 7.09. The molecule has 0 aliphatic rings. The van der Waals surface area contributed by atoms with Crippen molar-refractivity contribution in [2.45, 2.75) is 32.7 Å². The Morgan fingerprint density at radius 3 is 2.89 bits per heavy atom. The van der Waals surface area contributed by atoms with Crippen molar-refractivity contribution in [1.29, 1.82) is 0 Å². The minimum absolute atomic E-state index is 0.0364. The van der Waals surface area contributed by atoms with E-state index in [2.05, 4.69) is 41.6 Å². The van der Waals surface area contributed by atoms with Crippen LogP contribution < -0.4 is 11.3 Å². The summed E-state index contributed by atoms with van der Waals surface area (Å²) in [5.41, 5.74) is 8.38. The molecule has 0 saturated carbocycles. The molecule has 0 aliphatic heterocycles. The van der Waals surface area contributed by atoms with Gasteiger partial charge in [-0.15, -0.1) is 11.3 Å². The van der Waals surface area contributed by atoms with Crippen LogP contribution in [0.2, 0.25) is 0 Å². The quantitative estimate of drug-likeness (QED) is 0.642. The highest BCUT2D eigenvalue weighted by Crippen LogP contribution is 2.27. The smallest absolute Gasteiger partial charge is 0.0821 e. The molecule has 4 heteroatoms. The van der Waals surface area contributed by atoms with Crippen molar-refractivity contribution in [1.82, 2.24) is 10.4 Å². The third kappa shape index (κ3) is 2.77. The first kappa shape index (κ1) is 13.2. The number of nitrogens with two attached hydrogens (primary N) is 1. The van der Waals surface area contributed by atoms with Gasteiger partial charge in [0.05, 0.1) is 22.1 Å². The van der Waals surface area contributed by atoms with Crippen molar-refractivity contribution in [2.24, 2.45) is 5.84 Å². The molecule has 3 N–H and O–H groups in total. The Bertz CT molecular complexity index is 507. The van der Waals surface area contributed by atoms with E-state index in [1.165, 1.54) is 16.0 Å². The van der Waals surface area contributed by atoms with Gasteiger partial charge >= 0.3 is 0 Å². The van der Waals surface area contributed by atoms with E-state index >= 15 is 0 Å². The molecule has 0 radical (unpaired) electrons. The van der Waals surface area contributed by atoms with Crippen molar-refractivity contribution in [3.8, 4) is 0 Å². The third-order valence-corrected chi connectivity index (χ3v) is 4.03. The lowest BCUT2D eigenvalue weighted by atomic mass is 10.0. The zero-order valence-electron chi connectivity index (χ0n) is 10.8. The molecule has 96 valence electrons.